The lowest BCUT2D eigenvalue weighted by atomic mass is 10.5. The van der Waals surface area contributed by atoms with Crippen LogP contribution in [0.1, 0.15) is 20.8 Å². The van der Waals surface area contributed by atoms with Crippen molar-refractivity contribution in [3.8, 4) is 0 Å². The Morgan fingerprint density at radius 1 is 1.06 bits per heavy atom. The van der Waals surface area contributed by atoms with Crippen LogP contribution in [-0.4, -0.2) is 35.5 Å². The zero-order chi connectivity index (χ0) is 12.8. The molecule has 16 heavy (non-hydrogen) atoms. The first kappa shape index (κ1) is 17.0. The molecule has 0 fully saturated rings. The van der Waals surface area contributed by atoms with Crippen molar-refractivity contribution in [3.05, 3.63) is 0 Å². The van der Waals surface area contributed by atoms with E-state index in [0.717, 1.165) is 0 Å². The quantitative estimate of drug-likeness (QED) is 0.500. The highest BCUT2D eigenvalue weighted by Crippen LogP contribution is 2.53. The van der Waals surface area contributed by atoms with Crippen molar-refractivity contribution in [2.45, 2.75) is 37.2 Å². The molecule has 0 aromatic carbocycles. The predicted octanol–water partition coefficient (Wildman–Crippen LogP) is 4.09. The van der Waals surface area contributed by atoms with Gasteiger partial charge in [0.05, 0.1) is 29.6 Å². The van der Waals surface area contributed by atoms with Gasteiger partial charge in [0.2, 0.25) is 0 Å². The van der Waals surface area contributed by atoms with Crippen LogP contribution in [-0.2, 0) is 13.6 Å². The first-order chi connectivity index (χ1) is 7.31. The molecule has 0 aliphatic rings. The van der Waals surface area contributed by atoms with E-state index in [1.54, 1.807) is 20.8 Å². The summed E-state index contributed by atoms with van der Waals surface area (Å²) in [6.07, 6.45) is 0. The molecule has 7 heteroatoms. The third-order valence-electron chi connectivity index (χ3n) is 1.73. The lowest BCUT2D eigenvalue weighted by molar-refractivity contribution is 0.201. The molecule has 0 aliphatic carbocycles. The summed E-state index contributed by atoms with van der Waals surface area (Å²) in [6.45, 7) is 5.54. The molecule has 0 aliphatic heterocycles. The van der Waals surface area contributed by atoms with E-state index < -0.39 is 7.60 Å². The maximum Gasteiger partial charge on any atom is 0.334 e. The van der Waals surface area contributed by atoms with E-state index in [1.807, 2.05) is 0 Å². The van der Waals surface area contributed by atoms with Gasteiger partial charge in [-0.3, -0.25) is 4.57 Å². The Hall–Kier alpha value is 1.02. The van der Waals surface area contributed by atoms with E-state index in [9.17, 15) is 4.57 Å². The zero-order valence-electron chi connectivity index (χ0n) is 9.66. The molecular formula is C9H18Cl3O3P. The molecule has 0 radical (unpaired) electrons. The van der Waals surface area contributed by atoms with Gasteiger partial charge in [-0.1, -0.05) is 0 Å². The number of rotatable bonds is 8. The molecule has 0 aromatic heterocycles. The fourth-order valence-corrected chi connectivity index (χ4v) is 3.21. The Balaban J connectivity index is 4.43. The van der Waals surface area contributed by atoms with E-state index in [-0.39, 0.29) is 35.5 Å². The average molecular weight is 312 g/mol. The van der Waals surface area contributed by atoms with Gasteiger partial charge in [0.25, 0.3) is 0 Å². The third-order valence-corrected chi connectivity index (χ3v) is 4.94. The molecule has 3 nitrogen and oxygen atoms in total. The normalized spacial score (nSPS) is 21.1. The van der Waals surface area contributed by atoms with Crippen LogP contribution in [0, 0.1) is 0 Å². The molecule has 0 spiro atoms. The van der Waals surface area contributed by atoms with Crippen LogP contribution in [0.2, 0.25) is 0 Å². The molecule has 3 unspecified atom stereocenters. The SMILES string of the molecule is CC(Cl)COP(=O)(OCC(C)Cl)C(C)CCl. The van der Waals surface area contributed by atoms with Crippen molar-refractivity contribution in [2.75, 3.05) is 19.1 Å². The van der Waals surface area contributed by atoms with Crippen molar-refractivity contribution < 1.29 is 13.6 Å². The van der Waals surface area contributed by atoms with Gasteiger partial charge in [-0.25, -0.2) is 0 Å². The van der Waals surface area contributed by atoms with Crippen molar-refractivity contribution >= 4 is 42.4 Å². The predicted molar refractivity (Wildman–Crippen MR) is 70.3 cm³/mol. The number of hydrogen-bond acceptors (Lipinski definition) is 3. The van der Waals surface area contributed by atoms with Gasteiger partial charge in [-0.2, -0.15) is 0 Å². The van der Waals surface area contributed by atoms with Gasteiger partial charge in [0, 0.05) is 5.88 Å². The fourth-order valence-electron chi connectivity index (χ4n) is 0.789. The van der Waals surface area contributed by atoms with Crippen LogP contribution < -0.4 is 0 Å². The highest BCUT2D eigenvalue weighted by atomic mass is 35.5. The molecule has 0 bridgehead atoms. The van der Waals surface area contributed by atoms with Crippen molar-refractivity contribution in [1.29, 1.82) is 0 Å². The summed E-state index contributed by atoms with van der Waals surface area (Å²) < 4.78 is 22.8. The average Bonchev–Trinajstić information content (AvgIpc) is 2.22. The molecule has 0 aromatic rings. The van der Waals surface area contributed by atoms with Gasteiger partial charge in [-0.05, 0) is 20.8 Å². The van der Waals surface area contributed by atoms with E-state index in [0.29, 0.717) is 0 Å². The fraction of sp³-hybridized carbons (Fsp3) is 1.00. The highest BCUT2D eigenvalue weighted by Gasteiger charge is 2.32. The van der Waals surface area contributed by atoms with E-state index in [2.05, 4.69) is 0 Å². The first-order valence-corrected chi connectivity index (χ1v) is 8.06. The lowest BCUT2D eigenvalue weighted by Crippen LogP contribution is -2.16. The summed E-state index contributed by atoms with van der Waals surface area (Å²) in [7, 11) is -3.22. The second-order valence-corrected chi connectivity index (χ2v) is 7.97. The number of hydrogen-bond donors (Lipinski definition) is 0. The van der Waals surface area contributed by atoms with Crippen molar-refractivity contribution in [2.24, 2.45) is 0 Å². The Kier molecular flexibility index (Phi) is 8.70. The summed E-state index contributed by atoms with van der Waals surface area (Å²) in [6, 6.07) is 0. The summed E-state index contributed by atoms with van der Waals surface area (Å²) in [5.74, 6) is 0.199. The largest absolute Gasteiger partial charge is 0.334 e. The third kappa shape index (κ3) is 6.68. The second-order valence-electron chi connectivity index (χ2n) is 3.70. The van der Waals surface area contributed by atoms with Crippen LogP contribution in [0.15, 0.2) is 0 Å². The molecular weight excluding hydrogens is 293 g/mol. The smallest absolute Gasteiger partial charge is 0.307 e. The van der Waals surface area contributed by atoms with Gasteiger partial charge >= 0.3 is 7.60 Å². The summed E-state index contributed by atoms with van der Waals surface area (Å²) in [5, 5.41) is -0.458. The number of alkyl halides is 3. The summed E-state index contributed by atoms with van der Waals surface area (Å²) >= 11 is 17.1. The van der Waals surface area contributed by atoms with Crippen LogP contribution in [0.5, 0.6) is 0 Å². The van der Waals surface area contributed by atoms with Crippen LogP contribution in [0.25, 0.3) is 0 Å². The van der Waals surface area contributed by atoms with Gasteiger partial charge in [0.15, 0.2) is 0 Å². The topological polar surface area (TPSA) is 35.5 Å². The molecule has 0 amide bonds. The highest BCUT2D eigenvalue weighted by molar-refractivity contribution is 7.54. The zero-order valence-corrected chi connectivity index (χ0v) is 12.8. The van der Waals surface area contributed by atoms with Crippen LogP contribution >= 0.6 is 42.4 Å². The molecule has 98 valence electrons. The Labute approximate surface area is 112 Å². The minimum absolute atomic E-state index is 0.163. The molecule has 0 heterocycles. The van der Waals surface area contributed by atoms with Crippen molar-refractivity contribution in [1.82, 2.24) is 0 Å². The van der Waals surface area contributed by atoms with Gasteiger partial charge in [0.1, 0.15) is 0 Å². The Bertz CT molecular complexity index is 220. The summed E-state index contributed by atoms with van der Waals surface area (Å²) in [4.78, 5) is 0. The van der Waals surface area contributed by atoms with Crippen LogP contribution in [0.4, 0.5) is 0 Å². The molecule has 0 saturated carbocycles. The van der Waals surface area contributed by atoms with Crippen molar-refractivity contribution in [3.63, 3.8) is 0 Å². The second kappa shape index (κ2) is 8.18. The molecule has 3 atom stereocenters. The summed E-state index contributed by atoms with van der Waals surface area (Å²) in [5.41, 5.74) is -0.375. The lowest BCUT2D eigenvalue weighted by Gasteiger charge is -2.23. The first-order valence-electron chi connectivity index (χ1n) is 5.04. The maximum absolute atomic E-state index is 12.3. The Morgan fingerprint density at radius 3 is 1.69 bits per heavy atom. The Morgan fingerprint density at radius 2 is 1.44 bits per heavy atom. The van der Waals surface area contributed by atoms with E-state index in [4.69, 9.17) is 43.9 Å². The number of halogens is 3. The van der Waals surface area contributed by atoms with E-state index >= 15 is 0 Å². The monoisotopic (exact) mass is 310 g/mol. The minimum Gasteiger partial charge on any atom is -0.307 e. The van der Waals surface area contributed by atoms with Gasteiger partial charge in [-0.15, -0.1) is 34.8 Å². The van der Waals surface area contributed by atoms with E-state index in [1.165, 1.54) is 0 Å². The van der Waals surface area contributed by atoms with Gasteiger partial charge < -0.3 is 9.05 Å². The minimum atomic E-state index is -3.22. The molecule has 0 N–H and O–H groups in total. The molecule has 0 saturated heterocycles. The standard InChI is InChI=1S/C9H18Cl3O3P/c1-7(11)5-14-16(13,9(3)4-10)15-6-8(2)12/h7-9H,4-6H2,1-3H3. The van der Waals surface area contributed by atoms with Crippen LogP contribution in [0.3, 0.4) is 0 Å². The molecule has 0 rings (SSSR count). The maximum atomic E-state index is 12.3.